The third-order valence-electron chi connectivity index (χ3n) is 4.42. The van der Waals surface area contributed by atoms with E-state index < -0.39 is 10.8 Å². The van der Waals surface area contributed by atoms with Crippen LogP contribution in [0.4, 0.5) is 11.4 Å². The van der Waals surface area contributed by atoms with E-state index in [1.807, 2.05) is 53.9 Å². The molecular weight excluding hydrogens is 390 g/mol. The highest BCUT2D eigenvalue weighted by Gasteiger charge is 2.20. The van der Waals surface area contributed by atoms with Crippen molar-refractivity contribution in [3.63, 3.8) is 0 Å². The molecule has 0 aliphatic carbocycles. The summed E-state index contributed by atoms with van der Waals surface area (Å²) in [6.07, 6.45) is 1.87. The molecule has 2 heterocycles. The number of anilines is 1. The number of benzene rings is 2. The summed E-state index contributed by atoms with van der Waals surface area (Å²) in [4.78, 5) is 28.8. The summed E-state index contributed by atoms with van der Waals surface area (Å²) in [5, 5.41) is 22.8. The van der Waals surface area contributed by atoms with Crippen LogP contribution in [0.5, 0.6) is 0 Å². The molecule has 8 nitrogen and oxygen atoms in total. The fourth-order valence-electron chi connectivity index (χ4n) is 2.94. The van der Waals surface area contributed by atoms with Crippen molar-refractivity contribution < 1.29 is 9.72 Å². The first-order valence-electron chi connectivity index (χ1n) is 8.51. The minimum atomic E-state index is -0.588. The number of hydrogen-bond donors (Lipinski definition) is 1. The lowest BCUT2D eigenvalue weighted by Gasteiger charge is -2.06. The van der Waals surface area contributed by atoms with Crippen LogP contribution in [0.25, 0.3) is 16.2 Å². The number of nitriles is 1. The van der Waals surface area contributed by atoms with Crippen LogP contribution in [0.3, 0.4) is 0 Å². The summed E-state index contributed by atoms with van der Waals surface area (Å²) < 4.78 is 1.85. The Morgan fingerprint density at radius 2 is 2.03 bits per heavy atom. The molecule has 2 aromatic carbocycles. The van der Waals surface area contributed by atoms with Gasteiger partial charge in [-0.2, -0.15) is 5.26 Å². The summed E-state index contributed by atoms with van der Waals surface area (Å²) in [6, 6.07) is 15.4. The highest BCUT2D eigenvalue weighted by molar-refractivity contribution is 7.19. The van der Waals surface area contributed by atoms with Gasteiger partial charge in [0.25, 0.3) is 11.6 Å². The quantitative estimate of drug-likeness (QED) is 0.401. The largest absolute Gasteiger partial charge is 0.320 e. The molecule has 0 spiro atoms. The maximum atomic E-state index is 12.8. The van der Waals surface area contributed by atoms with Crippen LogP contribution >= 0.6 is 11.3 Å². The summed E-state index contributed by atoms with van der Waals surface area (Å²) in [5.74, 6) is -0.399. The minimum Gasteiger partial charge on any atom is -0.320 e. The Morgan fingerprint density at radius 3 is 2.69 bits per heavy atom. The zero-order valence-electron chi connectivity index (χ0n) is 15.1. The molecule has 2 aromatic heterocycles. The number of thiazole rings is 1. The van der Waals surface area contributed by atoms with E-state index >= 15 is 0 Å². The second-order valence-corrected chi connectivity index (χ2v) is 7.19. The minimum absolute atomic E-state index is 0.0258. The highest BCUT2D eigenvalue weighted by atomic mass is 32.1. The molecule has 1 amide bonds. The Bertz CT molecular complexity index is 1300. The number of hydrogen-bond acceptors (Lipinski definition) is 6. The normalized spacial score (nSPS) is 10.6. The molecule has 0 aliphatic rings. The lowest BCUT2D eigenvalue weighted by Crippen LogP contribution is -2.13. The van der Waals surface area contributed by atoms with Gasteiger partial charge in [-0.05, 0) is 13.0 Å². The van der Waals surface area contributed by atoms with Gasteiger partial charge in [0.2, 0.25) is 0 Å². The number of aromatic nitrogens is 2. The van der Waals surface area contributed by atoms with E-state index in [1.165, 1.54) is 23.5 Å². The Kier molecular flexibility index (Phi) is 4.54. The van der Waals surface area contributed by atoms with E-state index in [4.69, 9.17) is 0 Å². The van der Waals surface area contributed by atoms with Gasteiger partial charge in [0.05, 0.1) is 21.9 Å². The van der Waals surface area contributed by atoms with Gasteiger partial charge in [-0.1, -0.05) is 41.7 Å². The fraction of sp³-hybridized carbons (Fsp3) is 0.0500. The van der Waals surface area contributed by atoms with Crippen LogP contribution in [0.2, 0.25) is 0 Å². The van der Waals surface area contributed by atoms with Crippen LogP contribution < -0.4 is 5.32 Å². The van der Waals surface area contributed by atoms with E-state index in [0.717, 1.165) is 23.0 Å². The Labute approximate surface area is 168 Å². The first kappa shape index (κ1) is 18.3. The average Bonchev–Trinajstić information content (AvgIpc) is 3.28. The number of nitro groups is 1. The number of nitrogens with one attached hydrogen (secondary N) is 1. The predicted molar refractivity (Wildman–Crippen MR) is 109 cm³/mol. The van der Waals surface area contributed by atoms with Gasteiger partial charge in [-0.3, -0.25) is 19.3 Å². The van der Waals surface area contributed by atoms with E-state index in [9.17, 15) is 20.2 Å². The molecule has 0 bridgehead atoms. The number of carbonyl (C=O) groups is 1. The molecular formula is C20H13N5O3S. The molecule has 0 unspecified atom stereocenters. The monoisotopic (exact) mass is 403 g/mol. The van der Waals surface area contributed by atoms with Crippen LogP contribution in [-0.2, 0) is 0 Å². The second-order valence-electron chi connectivity index (χ2n) is 6.21. The lowest BCUT2D eigenvalue weighted by atomic mass is 10.1. The molecule has 0 saturated heterocycles. The fourth-order valence-corrected chi connectivity index (χ4v) is 3.94. The molecule has 0 aliphatic heterocycles. The number of non-ortho nitro benzene ring substituents is 1. The molecule has 1 N–H and O–H groups in total. The van der Waals surface area contributed by atoms with E-state index in [2.05, 4.69) is 10.3 Å². The number of amides is 1. The number of rotatable bonds is 4. The summed E-state index contributed by atoms with van der Waals surface area (Å²) in [5.41, 5.74) is 2.56. The molecule has 0 atom stereocenters. The smallest absolute Gasteiger partial charge is 0.270 e. The zero-order chi connectivity index (χ0) is 20.5. The number of fused-ring (bicyclic) bond motifs is 1. The SMILES string of the molecule is Cc1c(C(=O)Nc2ccc([N+](=O)[O-])cc2C#N)sc2nc(-c3ccccc3)cn12. The lowest BCUT2D eigenvalue weighted by molar-refractivity contribution is -0.384. The first-order chi connectivity index (χ1) is 14.0. The number of aryl methyl sites for hydroxylation is 1. The topological polar surface area (TPSA) is 113 Å². The van der Waals surface area contributed by atoms with Crippen LogP contribution in [0, 0.1) is 28.4 Å². The van der Waals surface area contributed by atoms with Gasteiger partial charge in [-0.15, -0.1) is 0 Å². The maximum absolute atomic E-state index is 12.8. The van der Waals surface area contributed by atoms with Crippen molar-refractivity contribution in [2.45, 2.75) is 6.92 Å². The van der Waals surface area contributed by atoms with E-state index in [1.54, 1.807) is 0 Å². The first-order valence-corrected chi connectivity index (χ1v) is 9.33. The van der Waals surface area contributed by atoms with Crippen molar-refractivity contribution in [2.75, 3.05) is 5.32 Å². The molecule has 0 radical (unpaired) electrons. The molecule has 4 aromatic rings. The van der Waals surface area contributed by atoms with Crippen molar-refractivity contribution in [3.05, 3.63) is 81.0 Å². The van der Waals surface area contributed by atoms with Gasteiger partial charge in [-0.25, -0.2) is 4.98 Å². The van der Waals surface area contributed by atoms with Crippen molar-refractivity contribution in [1.29, 1.82) is 5.26 Å². The molecule has 0 fully saturated rings. The van der Waals surface area contributed by atoms with Crippen molar-refractivity contribution in [1.82, 2.24) is 9.38 Å². The van der Waals surface area contributed by atoms with Gasteiger partial charge in [0, 0.05) is 29.6 Å². The van der Waals surface area contributed by atoms with E-state index in [0.29, 0.717) is 9.84 Å². The average molecular weight is 403 g/mol. The standard InChI is InChI=1S/C20H13N5O3S/c1-12-18(19(26)22-16-8-7-15(25(27)28)9-14(16)10-21)29-20-23-17(11-24(12)20)13-5-3-2-4-6-13/h2-9,11H,1H3,(H,22,26). The summed E-state index contributed by atoms with van der Waals surface area (Å²) in [6.45, 7) is 1.82. The van der Waals surface area contributed by atoms with Crippen LogP contribution in [0.1, 0.15) is 20.9 Å². The van der Waals surface area contributed by atoms with Crippen molar-refractivity contribution in [3.8, 4) is 17.3 Å². The molecule has 0 saturated carbocycles. The summed E-state index contributed by atoms with van der Waals surface area (Å²) >= 11 is 1.24. The molecule has 29 heavy (non-hydrogen) atoms. The number of nitrogens with zero attached hydrogens (tertiary/aromatic N) is 4. The van der Waals surface area contributed by atoms with Crippen molar-refractivity contribution >= 4 is 33.6 Å². The highest BCUT2D eigenvalue weighted by Crippen LogP contribution is 2.28. The number of imidazole rings is 1. The molecule has 9 heteroatoms. The number of carbonyl (C=O) groups excluding carboxylic acids is 1. The number of nitro benzene ring substituents is 1. The maximum Gasteiger partial charge on any atom is 0.270 e. The Morgan fingerprint density at radius 1 is 1.28 bits per heavy atom. The molecule has 4 rings (SSSR count). The Balaban J connectivity index is 1.64. The predicted octanol–water partition coefficient (Wildman–Crippen LogP) is 4.40. The van der Waals surface area contributed by atoms with Crippen LogP contribution in [-0.4, -0.2) is 20.2 Å². The van der Waals surface area contributed by atoms with Gasteiger partial charge >= 0.3 is 0 Å². The van der Waals surface area contributed by atoms with Gasteiger partial charge < -0.3 is 5.32 Å². The van der Waals surface area contributed by atoms with Crippen molar-refractivity contribution in [2.24, 2.45) is 0 Å². The second kappa shape index (κ2) is 7.18. The Hall–Kier alpha value is -4.03. The zero-order valence-corrected chi connectivity index (χ0v) is 15.9. The summed E-state index contributed by atoms with van der Waals surface area (Å²) in [7, 11) is 0. The van der Waals surface area contributed by atoms with E-state index in [-0.39, 0.29) is 16.9 Å². The van der Waals surface area contributed by atoms with Gasteiger partial charge in [0.1, 0.15) is 10.9 Å². The van der Waals surface area contributed by atoms with Crippen LogP contribution in [0.15, 0.2) is 54.7 Å². The van der Waals surface area contributed by atoms with Gasteiger partial charge in [0.15, 0.2) is 4.96 Å². The third kappa shape index (κ3) is 3.33. The molecule has 142 valence electrons. The third-order valence-corrected chi connectivity index (χ3v) is 5.57.